The van der Waals surface area contributed by atoms with Crippen molar-refractivity contribution in [3.05, 3.63) is 36.2 Å². The molecule has 3 heterocycles. The van der Waals surface area contributed by atoms with E-state index in [1.165, 1.54) is 0 Å². The molecule has 1 aliphatic heterocycles. The second-order valence-corrected chi connectivity index (χ2v) is 5.61. The van der Waals surface area contributed by atoms with E-state index in [0.29, 0.717) is 19.0 Å². The Labute approximate surface area is 142 Å². The summed E-state index contributed by atoms with van der Waals surface area (Å²) >= 11 is 0. The molecule has 1 saturated heterocycles. The summed E-state index contributed by atoms with van der Waals surface area (Å²) in [5, 5.41) is 12.8. The summed E-state index contributed by atoms with van der Waals surface area (Å²) < 4.78 is 27.1. The Morgan fingerprint density at radius 2 is 2.12 bits per heavy atom. The number of H-pyrrole nitrogens is 1. The van der Waals surface area contributed by atoms with Gasteiger partial charge in [0.2, 0.25) is 0 Å². The van der Waals surface area contributed by atoms with Crippen LogP contribution >= 0.6 is 0 Å². The summed E-state index contributed by atoms with van der Waals surface area (Å²) in [5.41, 5.74) is -0.262. The highest BCUT2D eigenvalue weighted by Crippen LogP contribution is 2.22. The molecule has 10 heteroatoms. The lowest BCUT2D eigenvalue weighted by atomic mass is 9.96. The smallest absolute Gasteiger partial charge is 0.290 e. The number of imidazole rings is 1. The monoisotopic (exact) mass is 355 g/mol. The van der Waals surface area contributed by atoms with E-state index in [4.69, 9.17) is 9.90 Å². The Hall–Kier alpha value is -2.78. The minimum absolute atomic E-state index is 0.0587. The number of piperidine rings is 1. The van der Waals surface area contributed by atoms with Crippen LogP contribution in [0.4, 0.5) is 8.78 Å². The Kier molecular flexibility index (Phi) is 6.61. The minimum Gasteiger partial charge on any atom is -0.483 e. The van der Waals surface area contributed by atoms with E-state index in [9.17, 15) is 13.6 Å². The molecule has 0 bridgehead atoms. The summed E-state index contributed by atoms with van der Waals surface area (Å²) in [7, 11) is 0. The molecule has 0 spiro atoms. The number of carbonyl (C=O) groups excluding carboxylic acids is 1. The zero-order valence-corrected chi connectivity index (χ0v) is 13.4. The highest BCUT2D eigenvalue weighted by Gasteiger charge is 2.26. The van der Waals surface area contributed by atoms with Crippen molar-refractivity contribution >= 4 is 12.4 Å². The molecule has 2 N–H and O–H groups in total. The average molecular weight is 355 g/mol. The fourth-order valence-corrected chi connectivity index (χ4v) is 2.73. The standard InChI is InChI=1S/C14H17F2N5O.CH2O2/c15-13(16)11-7-12(19-18-11)14(22)21-4-1-10(2-5-21)8-20-6-3-17-9-20;2-1-3/h3,6-7,9-10,13H,1-2,4-5,8H2,(H,18,19);1H,(H,2,3). The van der Waals surface area contributed by atoms with E-state index in [-0.39, 0.29) is 23.8 Å². The van der Waals surface area contributed by atoms with Crippen molar-refractivity contribution < 1.29 is 23.5 Å². The first-order valence-electron chi connectivity index (χ1n) is 7.71. The van der Waals surface area contributed by atoms with Gasteiger partial charge in [0.1, 0.15) is 5.69 Å². The number of aromatic nitrogens is 4. The van der Waals surface area contributed by atoms with Gasteiger partial charge in [0.05, 0.1) is 6.33 Å². The third-order valence-corrected chi connectivity index (χ3v) is 3.98. The van der Waals surface area contributed by atoms with Crippen molar-refractivity contribution in [3.8, 4) is 0 Å². The molecule has 8 nitrogen and oxygen atoms in total. The molecule has 0 atom stereocenters. The van der Waals surface area contributed by atoms with Gasteiger partial charge in [-0.25, -0.2) is 13.8 Å². The lowest BCUT2D eigenvalue weighted by Crippen LogP contribution is -2.39. The van der Waals surface area contributed by atoms with Crippen LogP contribution in [0.15, 0.2) is 24.8 Å². The zero-order chi connectivity index (χ0) is 18.2. The number of alkyl halides is 2. The summed E-state index contributed by atoms with van der Waals surface area (Å²) in [6, 6.07) is 1.13. The van der Waals surface area contributed by atoms with Gasteiger partial charge in [0.15, 0.2) is 5.69 Å². The third-order valence-electron chi connectivity index (χ3n) is 3.98. The van der Waals surface area contributed by atoms with Crippen molar-refractivity contribution in [1.82, 2.24) is 24.6 Å². The first-order valence-corrected chi connectivity index (χ1v) is 7.71. The molecule has 136 valence electrons. The Bertz CT molecular complexity index is 667. The Morgan fingerprint density at radius 3 is 2.64 bits per heavy atom. The fourth-order valence-electron chi connectivity index (χ4n) is 2.73. The molecule has 1 amide bonds. The van der Waals surface area contributed by atoms with Crippen LogP contribution in [-0.2, 0) is 11.3 Å². The first-order chi connectivity index (χ1) is 12.0. The predicted molar refractivity (Wildman–Crippen MR) is 83.1 cm³/mol. The number of carboxylic acid groups (broad SMARTS) is 1. The molecular formula is C15H19F2N5O3. The number of rotatable bonds is 4. The van der Waals surface area contributed by atoms with Gasteiger partial charge in [-0.1, -0.05) is 0 Å². The fraction of sp³-hybridized carbons (Fsp3) is 0.467. The zero-order valence-electron chi connectivity index (χ0n) is 13.4. The molecule has 0 aliphatic carbocycles. The second kappa shape index (κ2) is 8.90. The third kappa shape index (κ3) is 5.10. The minimum atomic E-state index is -2.64. The molecule has 0 aromatic carbocycles. The van der Waals surface area contributed by atoms with Crippen LogP contribution in [0.1, 0.15) is 35.4 Å². The molecular weight excluding hydrogens is 336 g/mol. The number of carbonyl (C=O) groups is 2. The van der Waals surface area contributed by atoms with Crippen LogP contribution in [0.2, 0.25) is 0 Å². The molecule has 25 heavy (non-hydrogen) atoms. The van der Waals surface area contributed by atoms with Crippen LogP contribution in [-0.4, -0.2) is 55.2 Å². The van der Waals surface area contributed by atoms with Gasteiger partial charge >= 0.3 is 0 Å². The Morgan fingerprint density at radius 1 is 1.44 bits per heavy atom. The number of halogens is 2. The number of hydrogen-bond acceptors (Lipinski definition) is 4. The largest absolute Gasteiger partial charge is 0.483 e. The maximum atomic E-state index is 12.5. The first kappa shape index (κ1) is 18.6. The normalized spacial score (nSPS) is 14.9. The van der Waals surface area contributed by atoms with E-state index < -0.39 is 6.43 Å². The molecule has 0 radical (unpaired) electrons. The number of nitrogens with one attached hydrogen (secondary N) is 1. The SMILES string of the molecule is O=C(c1cc(C(F)F)[nH]n1)N1CCC(Cn2ccnc2)CC1.O=CO. The van der Waals surface area contributed by atoms with Gasteiger partial charge in [-0.3, -0.25) is 14.7 Å². The second-order valence-electron chi connectivity index (χ2n) is 5.61. The summed E-state index contributed by atoms with van der Waals surface area (Å²) in [6.45, 7) is 1.88. The van der Waals surface area contributed by atoms with Crippen LogP contribution in [0.25, 0.3) is 0 Å². The summed E-state index contributed by atoms with van der Waals surface area (Å²) in [6.07, 6.45) is 4.58. The lowest BCUT2D eigenvalue weighted by Gasteiger charge is -2.31. The van der Waals surface area contributed by atoms with Gasteiger partial charge < -0.3 is 14.6 Å². The van der Waals surface area contributed by atoms with E-state index in [0.717, 1.165) is 25.5 Å². The maximum absolute atomic E-state index is 12.5. The van der Waals surface area contributed by atoms with Gasteiger partial charge in [-0.05, 0) is 24.8 Å². The van der Waals surface area contributed by atoms with Crippen molar-refractivity contribution in [1.29, 1.82) is 0 Å². The molecule has 3 rings (SSSR count). The van der Waals surface area contributed by atoms with Gasteiger partial charge in [0.25, 0.3) is 18.8 Å². The molecule has 2 aromatic heterocycles. The molecule has 1 aliphatic rings. The van der Waals surface area contributed by atoms with Crippen LogP contribution < -0.4 is 0 Å². The van der Waals surface area contributed by atoms with E-state index in [2.05, 4.69) is 15.2 Å². The van der Waals surface area contributed by atoms with Gasteiger partial charge in [0, 0.05) is 32.0 Å². The van der Waals surface area contributed by atoms with Crippen molar-refractivity contribution in [2.24, 2.45) is 5.92 Å². The lowest BCUT2D eigenvalue weighted by molar-refractivity contribution is -0.122. The van der Waals surface area contributed by atoms with Gasteiger partial charge in [-0.15, -0.1) is 0 Å². The van der Waals surface area contributed by atoms with Crippen LogP contribution in [0.5, 0.6) is 0 Å². The maximum Gasteiger partial charge on any atom is 0.290 e. The van der Waals surface area contributed by atoms with E-state index in [1.807, 2.05) is 10.8 Å². The summed E-state index contributed by atoms with van der Waals surface area (Å²) in [5.74, 6) is 0.207. The van der Waals surface area contributed by atoms with Crippen molar-refractivity contribution in [3.63, 3.8) is 0 Å². The highest BCUT2D eigenvalue weighted by molar-refractivity contribution is 5.92. The number of nitrogens with zero attached hydrogens (tertiary/aromatic N) is 4. The average Bonchev–Trinajstić information content (AvgIpc) is 3.27. The number of likely N-dealkylation sites (tertiary alicyclic amines) is 1. The van der Waals surface area contributed by atoms with Gasteiger partial charge in [-0.2, -0.15) is 5.10 Å². The molecule has 1 fully saturated rings. The Balaban J connectivity index is 0.000000701. The van der Waals surface area contributed by atoms with Crippen molar-refractivity contribution in [2.45, 2.75) is 25.8 Å². The van der Waals surface area contributed by atoms with Crippen molar-refractivity contribution in [2.75, 3.05) is 13.1 Å². The van der Waals surface area contributed by atoms with E-state index >= 15 is 0 Å². The topological polar surface area (TPSA) is 104 Å². The van der Waals surface area contributed by atoms with Crippen LogP contribution in [0, 0.1) is 5.92 Å². The highest BCUT2D eigenvalue weighted by atomic mass is 19.3. The number of hydrogen-bond donors (Lipinski definition) is 2. The molecule has 2 aromatic rings. The van der Waals surface area contributed by atoms with E-state index in [1.54, 1.807) is 17.4 Å². The van der Waals surface area contributed by atoms with Crippen LogP contribution in [0.3, 0.4) is 0 Å². The number of amides is 1. The summed E-state index contributed by atoms with van der Waals surface area (Å²) in [4.78, 5) is 26.3. The number of aromatic amines is 1. The quantitative estimate of drug-likeness (QED) is 0.814. The molecule has 0 unspecified atom stereocenters. The molecule has 0 saturated carbocycles. The predicted octanol–water partition coefficient (Wildman–Crippen LogP) is 1.80.